The van der Waals surface area contributed by atoms with Crippen LogP contribution in [0.25, 0.3) is 0 Å². The van der Waals surface area contributed by atoms with Gasteiger partial charge >= 0.3 is 12.0 Å². The summed E-state index contributed by atoms with van der Waals surface area (Å²) in [7, 11) is 3.08. The van der Waals surface area contributed by atoms with Crippen LogP contribution in [0.1, 0.15) is 19.3 Å². The van der Waals surface area contributed by atoms with Crippen molar-refractivity contribution in [2.75, 3.05) is 40.3 Å². The van der Waals surface area contributed by atoms with E-state index in [1.807, 2.05) is 0 Å². The van der Waals surface area contributed by atoms with Crippen molar-refractivity contribution in [1.29, 1.82) is 0 Å². The summed E-state index contributed by atoms with van der Waals surface area (Å²) < 4.78 is 0. The summed E-state index contributed by atoms with van der Waals surface area (Å²) in [5, 5.41) is 8.56. The molecule has 3 amide bonds. The minimum absolute atomic E-state index is 0.0379. The molecule has 0 aliphatic carbocycles. The maximum Gasteiger partial charge on any atom is 0.319 e. The van der Waals surface area contributed by atoms with Gasteiger partial charge in [-0.05, 0) is 12.8 Å². The lowest BCUT2D eigenvalue weighted by molar-refractivity contribution is -0.137. The Hall–Kier alpha value is -1.79. The molecular weight excluding hydrogens is 250 g/mol. The molecule has 1 aliphatic heterocycles. The van der Waals surface area contributed by atoms with Crippen LogP contribution < -0.4 is 0 Å². The highest BCUT2D eigenvalue weighted by molar-refractivity contribution is 5.84. The second kappa shape index (κ2) is 6.96. The third-order valence-electron chi connectivity index (χ3n) is 3.15. The van der Waals surface area contributed by atoms with E-state index in [4.69, 9.17) is 5.11 Å². The number of aliphatic carboxylic acids is 1. The number of nitrogens with zero attached hydrogens (tertiary/aromatic N) is 3. The third kappa shape index (κ3) is 4.76. The van der Waals surface area contributed by atoms with Crippen LogP contribution in [0.15, 0.2) is 0 Å². The number of rotatable bonds is 5. The number of carbonyl (C=O) groups excluding carboxylic acids is 2. The molecule has 0 atom stereocenters. The molecule has 7 nitrogen and oxygen atoms in total. The van der Waals surface area contributed by atoms with E-state index in [1.165, 1.54) is 16.8 Å². The minimum atomic E-state index is -0.949. The molecule has 1 saturated heterocycles. The molecule has 1 N–H and O–H groups in total. The Labute approximate surface area is 112 Å². The first-order chi connectivity index (χ1) is 8.91. The van der Waals surface area contributed by atoms with Gasteiger partial charge in [-0.15, -0.1) is 0 Å². The number of carbonyl (C=O) groups is 3. The summed E-state index contributed by atoms with van der Waals surface area (Å²) in [5.41, 5.74) is 0. The van der Waals surface area contributed by atoms with Gasteiger partial charge in [-0.25, -0.2) is 4.79 Å². The Morgan fingerprint density at radius 3 is 2.21 bits per heavy atom. The lowest BCUT2D eigenvalue weighted by atomic mass is 10.4. The third-order valence-corrected chi connectivity index (χ3v) is 3.15. The molecule has 0 aromatic rings. The molecule has 0 spiro atoms. The summed E-state index contributed by atoms with van der Waals surface area (Å²) in [6, 6.07) is -0.339. The second-order valence-corrected chi connectivity index (χ2v) is 4.79. The van der Waals surface area contributed by atoms with Crippen LogP contribution in [-0.2, 0) is 9.59 Å². The summed E-state index contributed by atoms with van der Waals surface area (Å²) >= 11 is 0. The van der Waals surface area contributed by atoms with Gasteiger partial charge in [0.2, 0.25) is 5.91 Å². The summed E-state index contributed by atoms with van der Waals surface area (Å²) in [5.74, 6) is -1.00. The maximum atomic E-state index is 11.9. The van der Waals surface area contributed by atoms with Crippen LogP contribution in [0.4, 0.5) is 4.79 Å². The standard InChI is InChI=1S/C12H21N3O4/c1-13(8-5-11(17)18)12(19)14(2)9-10(16)15-6-3-4-7-15/h3-9H2,1-2H3,(H,17,18). The van der Waals surface area contributed by atoms with Crippen LogP contribution in [-0.4, -0.2) is 78.0 Å². The zero-order valence-corrected chi connectivity index (χ0v) is 11.5. The number of likely N-dealkylation sites (tertiary alicyclic amines) is 1. The average Bonchev–Trinajstić information content (AvgIpc) is 2.88. The topological polar surface area (TPSA) is 81.2 Å². The number of hydrogen-bond acceptors (Lipinski definition) is 3. The molecule has 1 rings (SSSR count). The van der Waals surface area contributed by atoms with Gasteiger partial charge in [0.15, 0.2) is 0 Å². The second-order valence-electron chi connectivity index (χ2n) is 4.79. The molecule has 1 aliphatic rings. The quantitative estimate of drug-likeness (QED) is 0.767. The number of carboxylic acid groups (broad SMARTS) is 1. The van der Waals surface area contributed by atoms with Crippen LogP contribution in [0.5, 0.6) is 0 Å². The molecule has 0 aromatic heterocycles. The van der Waals surface area contributed by atoms with E-state index in [0.29, 0.717) is 0 Å². The molecular formula is C12H21N3O4. The zero-order valence-electron chi connectivity index (χ0n) is 11.5. The van der Waals surface area contributed by atoms with Crippen molar-refractivity contribution in [3.63, 3.8) is 0 Å². The largest absolute Gasteiger partial charge is 0.481 e. The highest BCUT2D eigenvalue weighted by atomic mass is 16.4. The summed E-state index contributed by atoms with van der Waals surface area (Å²) in [6.45, 7) is 1.69. The molecule has 1 fully saturated rings. The fourth-order valence-corrected chi connectivity index (χ4v) is 1.99. The lowest BCUT2D eigenvalue weighted by Crippen LogP contribution is -2.45. The van der Waals surface area contributed by atoms with Crippen molar-refractivity contribution in [1.82, 2.24) is 14.7 Å². The van der Waals surface area contributed by atoms with Crippen molar-refractivity contribution < 1.29 is 19.5 Å². The first kappa shape index (κ1) is 15.3. The van der Waals surface area contributed by atoms with Gasteiger partial charge in [-0.3, -0.25) is 9.59 Å². The molecule has 0 unspecified atom stereocenters. The molecule has 0 bridgehead atoms. The van der Waals surface area contributed by atoms with E-state index >= 15 is 0 Å². The molecule has 0 saturated carbocycles. The van der Waals surface area contributed by atoms with Crippen LogP contribution in [0, 0.1) is 0 Å². The van der Waals surface area contributed by atoms with E-state index in [2.05, 4.69) is 0 Å². The average molecular weight is 271 g/mol. The molecule has 19 heavy (non-hydrogen) atoms. The molecule has 7 heteroatoms. The Bertz CT molecular complexity index is 353. The van der Waals surface area contributed by atoms with Gasteiger partial charge < -0.3 is 19.8 Å². The highest BCUT2D eigenvalue weighted by Crippen LogP contribution is 2.08. The Kier molecular flexibility index (Phi) is 5.59. The van der Waals surface area contributed by atoms with E-state index in [-0.39, 0.29) is 31.4 Å². The van der Waals surface area contributed by atoms with Gasteiger partial charge in [-0.2, -0.15) is 0 Å². The summed E-state index contributed by atoms with van der Waals surface area (Å²) in [6.07, 6.45) is 1.93. The lowest BCUT2D eigenvalue weighted by Gasteiger charge is -2.25. The van der Waals surface area contributed by atoms with E-state index in [1.54, 1.807) is 11.9 Å². The van der Waals surface area contributed by atoms with Gasteiger partial charge in [-0.1, -0.05) is 0 Å². The molecule has 108 valence electrons. The van der Waals surface area contributed by atoms with Gasteiger partial charge in [0, 0.05) is 33.7 Å². The normalized spacial score (nSPS) is 14.3. The number of hydrogen-bond donors (Lipinski definition) is 1. The first-order valence-electron chi connectivity index (χ1n) is 6.37. The van der Waals surface area contributed by atoms with Crippen LogP contribution in [0.3, 0.4) is 0 Å². The number of likely N-dealkylation sites (N-methyl/N-ethyl adjacent to an activating group) is 1. The zero-order chi connectivity index (χ0) is 14.4. The predicted molar refractivity (Wildman–Crippen MR) is 68.7 cm³/mol. The molecule has 0 aromatic carbocycles. The fraction of sp³-hybridized carbons (Fsp3) is 0.750. The van der Waals surface area contributed by atoms with Gasteiger partial charge in [0.25, 0.3) is 0 Å². The van der Waals surface area contributed by atoms with E-state index in [9.17, 15) is 14.4 Å². The first-order valence-corrected chi connectivity index (χ1v) is 6.37. The van der Waals surface area contributed by atoms with Crippen molar-refractivity contribution in [2.24, 2.45) is 0 Å². The number of urea groups is 1. The van der Waals surface area contributed by atoms with E-state index < -0.39 is 5.97 Å². The van der Waals surface area contributed by atoms with Crippen molar-refractivity contribution in [3.8, 4) is 0 Å². The van der Waals surface area contributed by atoms with Crippen LogP contribution in [0.2, 0.25) is 0 Å². The molecule has 0 radical (unpaired) electrons. The monoisotopic (exact) mass is 271 g/mol. The van der Waals surface area contributed by atoms with Crippen molar-refractivity contribution in [2.45, 2.75) is 19.3 Å². The van der Waals surface area contributed by atoms with Gasteiger partial charge in [0.1, 0.15) is 6.54 Å². The van der Waals surface area contributed by atoms with E-state index in [0.717, 1.165) is 25.9 Å². The highest BCUT2D eigenvalue weighted by Gasteiger charge is 2.22. The minimum Gasteiger partial charge on any atom is -0.481 e. The Morgan fingerprint density at radius 2 is 1.68 bits per heavy atom. The fourth-order valence-electron chi connectivity index (χ4n) is 1.99. The predicted octanol–water partition coefficient (Wildman–Crippen LogP) is 0.0671. The SMILES string of the molecule is CN(CCC(=O)O)C(=O)N(C)CC(=O)N1CCCC1. The Morgan fingerprint density at radius 1 is 1.11 bits per heavy atom. The number of amides is 3. The van der Waals surface area contributed by atoms with Crippen LogP contribution >= 0.6 is 0 Å². The smallest absolute Gasteiger partial charge is 0.319 e. The van der Waals surface area contributed by atoms with Crippen molar-refractivity contribution in [3.05, 3.63) is 0 Å². The Balaban J connectivity index is 2.38. The maximum absolute atomic E-state index is 11.9. The van der Waals surface area contributed by atoms with Gasteiger partial charge in [0.05, 0.1) is 6.42 Å². The number of carboxylic acids is 1. The molecule has 1 heterocycles. The summed E-state index contributed by atoms with van der Waals surface area (Å²) in [4.78, 5) is 38.6. The van der Waals surface area contributed by atoms with Crippen molar-refractivity contribution >= 4 is 17.9 Å².